The van der Waals surface area contributed by atoms with Gasteiger partial charge in [-0.1, -0.05) is 6.07 Å². The Morgan fingerprint density at radius 2 is 1.53 bits per heavy atom. The van der Waals surface area contributed by atoms with Gasteiger partial charge in [-0.25, -0.2) is 28.3 Å². The van der Waals surface area contributed by atoms with Crippen molar-refractivity contribution < 1.29 is 54.2 Å². The molecule has 3 heterocycles. The van der Waals surface area contributed by atoms with E-state index in [1.54, 1.807) is 6.92 Å². The molecule has 0 saturated carbocycles. The van der Waals surface area contributed by atoms with Gasteiger partial charge in [0.1, 0.15) is 17.7 Å². The van der Waals surface area contributed by atoms with Crippen LogP contribution >= 0.6 is 0 Å². The van der Waals surface area contributed by atoms with Crippen molar-refractivity contribution in [1.82, 2.24) is 14.9 Å². The number of carbonyl (C=O) groups excluding carboxylic acids is 2. The number of halogens is 8. The summed E-state index contributed by atoms with van der Waals surface area (Å²) < 4.78 is 123. The zero-order valence-electron chi connectivity index (χ0n) is 27.1. The van der Waals surface area contributed by atoms with Crippen molar-refractivity contribution in [2.24, 2.45) is 0 Å². The first-order chi connectivity index (χ1) is 24.0. The summed E-state index contributed by atoms with van der Waals surface area (Å²) in [7, 11) is 1.21. The first kappa shape index (κ1) is 35.5. The average molecular weight is 721 g/mol. The Hall–Kier alpha value is -5.28. The minimum atomic E-state index is -5.12. The van der Waals surface area contributed by atoms with Crippen LogP contribution in [0.15, 0.2) is 54.7 Å². The van der Waals surface area contributed by atoms with Gasteiger partial charge in [-0.05, 0) is 73.4 Å². The number of methoxy groups -OCH3 is 1. The first-order valence-corrected chi connectivity index (χ1v) is 15.5. The summed E-state index contributed by atoms with van der Waals surface area (Å²) in [5.74, 6) is -2.29. The van der Waals surface area contributed by atoms with Gasteiger partial charge < -0.3 is 14.4 Å². The highest BCUT2D eigenvalue weighted by molar-refractivity contribution is 5.91. The molecule has 4 aromatic rings. The number of anilines is 1. The maximum Gasteiger partial charge on any atom is 0.416 e. The number of benzene rings is 3. The van der Waals surface area contributed by atoms with Gasteiger partial charge >= 0.3 is 24.4 Å². The van der Waals surface area contributed by atoms with Gasteiger partial charge in [-0.2, -0.15) is 26.3 Å². The SMILES string of the molecule is COC(=O)c1ccc(-c2cc(-c3cnc(N4CCC4)nc3CN3C(=O)O[C@H](c4cc(C(F)(F)F)cc(C(F)(F)F)c4)[C@@H]3C)c(F)cc2F)c(C)c1. The number of esters is 1. The van der Waals surface area contributed by atoms with Crippen LogP contribution in [0.25, 0.3) is 22.3 Å². The predicted molar refractivity (Wildman–Crippen MR) is 166 cm³/mol. The number of hydrogen-bond acceptors (Lipinski definition) is 7. The summed E-state index contributed by atoms with van der Waals surface area (Å²) in [5, 5.41) is 0. The van der Waals surface area contributed by atoms with Crippen LogP contribution < -0.4 is 4.90 Å². The van der Waals surface area contributed by atoms with Gasteiger partial charge in [-0.15, -0.1) is 0 Å². The Morgan fingerprint density at radius 1 is 0.902 bits per heavy atom. The third-order valence-corrected chi connectivity index (χ3v) is 8.93. The highest BCUT2D eigenvalue weighted by atomic mass is 19.4. The van der Waals surface area contributed by atoms with Crippen molar-refractivity contribution in [3.63, 3.8) is 0 Å². The molecule has 2 aliphatic rings. The van der Waals surface area contributed by atoms with Crippen molar-refractivity contribution in [1.29, 1.82) is 0 Å². The fourth-order valence-electron chi connectivity index (χ4n) is 6.06. The van der Waals surface area contributed by atoms with E-state index in [4.69, 9.17) is 9.47 Å². The molecule has 2 atom stereocenters. The minimum Gasteiger partial charge on any atom is -0.465 e. The Labute approximate surface area is 285 Å². The van der Waals surface area contributed by atoms with Crippen molar-refractivity contribution >= 4 is 18.0 Å². The quantitative estimate of drug-likeness (QED) is 0.140. The van der Waals surface area contributed by atoms with E-state index in [-0.39, 0.29) is 40.0 Å². The lowest BCUT2D eigenvalue weighted by Gasteiger charge is -2.31. The lowest BCUT2D eigenvalue weighted by Crippen LogP contribution is -2.39. The number of alkyl halides is 6. The van der Waals surface area contributed by atoms with E-state index in [0.29, 0.717) is 42.4 Å². The number of rotatable bonds is 7. The summed E-state index contributed by atoms with van der Waals surface area (Å²) in [4.78, 5) is 37.0. The minimum absolute atomic E-state index is 0.0202. The second kappa shape index (κ2) is 13.1. The predicted octanol–water partition coefficient (Wildman–Crippen LogP) is 8.51. The van der Waals surface area contributed by atoms with Gasteiger partial charge in [0.05, 0.1) is 42.1 Å². The number of nitrogens with zero attached hydrogens (tertiary/aromatic N) is 4. The number of aromatic nitrogens is 2. The van der Waals surface area contributed by atoms with E-state index < -0.39 is 71.4 Å². The smallest absolute Gasteiger partial charge is 0.416 e. The number of amides is 1. The normalized spacial score (nSPS) is 17.7. The Kier molecular flexibility index (Phi) is 9.14. The van der Waals surface area contributed by atoms with Crippen molar-refractivity contribution in [2.75, 3.05) is 25.1 Å². The standard InChI is InChI=1S/C35H28F8N4O4/c1-17-9-19(31(48)50-3)5-6-23(17)24-13-25(28(37)14-27(24)36)26-15-44-32(46-7-4-8-46)45-29(26)16-47-18(2)30(51-33(47)49)20-10-21(34(38,39)40)12-22(11-20)35(41,42)43/h5-6,9-15,18,30H,4,7-8,16H2,1-3H3/t18-,30-/m0/s1. The molecular weight excluding hydrogens is 692 g/mol. The molecule has 1 amide bonds. The number of aryl methyl sites for hydroxylation is 1. The molecule has 2 aliphatic heterocycles. The lowest BCUT2D eigenvalue weighted by molar-refractivity contribution is -0.143. The van der Waals surface area contributed by atoms with E-state index >= 15 is 8.78 Å². The largest absolute Gasteiger partial charge is 0.465 e. The Bertz CT molecular complexity index is 2000. The number of ether oxygens (including phenoxy) is 2. The summed E-state index contributed by atoms with van der Waals surface area (Å²) >= 11 is 0. The molecule has 268 valence electrons. The van der Waals surface area contributed by atoms with Crippen LogP contribution in [0.1, 0.15) is 57.8 Å². The van der Waals surface area contributed by atoms with Gasteiger partial charge in [0.15, 0.2) is 0 Å². The van der Waals surface area contributed by atoms with Crippen molar-refractivity contribution in [3.05, 3.63) is 99.9 Å². The molecule has 0 radical (unpaired) electrons. The molecular formula is C35H28F8N4O4. The van der Waals surface area contributed by atoms with Crippen LogP contribution in [0.4, 0.5) is 45.9 Å². The molecule has 8 nitrogen and oxygen atoms in total. The molecule has 3 aromatic carbocycles. The van der Waals surface area contributed by atoms with Crippen LogP contribution in [0.5, 0.6) is 0 Å². The van der Waals surface area contributed by atoms with Crippen LogP contribution in [0.2, 0.25) is 0 Å². The lowest BCUT2D eigenvalue weighted by atomic mass is 9.94. The van der Waals surface area contributed by atoms with E-state index in [0.717, 1.165) is 11.3 Å². The fourth-order valence-corrected chi connectivity index (χ4v) is 6.06. The van der Waals surface area contributed by atoms with Crippen LogP contribution in [-0.2, 0) is 28.4 Å². The van der Waals surface area contributed by atoms with Gasteiger partial charge in [-0.3, -0.25) is 4.90 Å². The third-order valence-electron chi connectivity index (χ3n) is 8.93. The summed E-state index contributed by atoms with van der Waals surface area (Å²) in [6.45, 7) is 3.81. The van der Waals surface area contributed by atoms with Gasteiger partial charge in [0, 0.05) is 42.0 Å². The maximum absolute atomic E-state index is 15.6. The molecule has 1 aromatic heterocycles. The number of carbonyl (C=O) groups is 2. The van der Waals surface area contributed by atoms with Crippen LogP contribution in [0.3, 0.4) is 0 Å². The molecule has 6 rings (SSSR count). The Morgan fingerprint density at radius 3 is 2.08 bits per heavy atom. The summed E-state index contributed by atoms with van der Waals surface area (Å²) in [5.41, 5.74) is -2.71. The third kappa shape index (κ3) is 6.90. The van der Waals surface area contributed by atoms with Gasteiger partial charge in [0.25, 0.3) is 0 Å². The first-order valence-electron chi connectivity index (χ1n) is 15.5. The molecule has 51 heavy (non-hydrogen) atoms. The van der Waals surface area contributed by atoms with Crippen LogP contribution in [-0.4, -0.2) is 53.2 Å². The van der Waals surface area contributed by atoms with Crippen molar-refractivity contribution in [3.8, 4) is 22.3 Å². The second-order valence-electron chi connectivity index (χ2n) is 12.2. The fraction of sp³-hybridized carbons (Fsp3) is 0.314. The highest BCUT2D eigenvalue weighted by Crippen LogP contribution is 2.42. The topological polar surface area (TPSA) is 84.9 Å². The van der Waals surface area contributed by atoms with Crippen LogP contribution in [0, 0.1) is 18.6 Å². The number of cyclic esters (lactones) is 1. The highest BCUT2D eigenvalue weighted by Gasteiger charge is 2.44. The van der Waals surface area contributed by atoms with E-state index in [1.807, 2.05) is 4.90 Å². The van der Waals surface area contributed by atoms with E-state index in [9.17, 15) is 35.9 Å². The monoisotopic (exact) mass is 720 g/mol. The van der Waals surface area contributed by atoms with E-state index in [2.05, 4.69) is 9.97 Å². The molecule has 0 spiro atoms. The second-order valence-corrected chi connectivity index (χ2v) is 12.2. The summed E-state index contributed by atoms with van der Waals surface area (Å²) in [6, 6.07) is 6.15. The molecule has 0 bridgehead atoms. The number of hydrogen-bond donors (Lipinski definition) is 0. The van der Waals surface area contributed by atoms with Gasteiger partial charge in [0.2, 0.25) is 5.95 Å². The summed E-state index contributed by atoms with van der Waals surface area (Å²) in [6.07, 6.45) is -10.7. The molecule has 2 saturated heterocycles. The molecule has 0 N–H and O–H groups in total. The average Bonchev–Trinajstić information content (AvgIpc) is 3.32. The molecule has 2 fully saturated rings. The zero-order chi connectivity index (χ0) is 37.0. The van der Waals surface area contributed by atoms with Crippen molar-refractivity contribution in [2.45, 2.75) is 51.3 Å². The Balaban J connectivity index is 1.40. The van der Waals surface area contributed by atoms with E-state index in [1.165, 1.54) is 44.5 Å². The molecule has 16 heteroatoms. The maximum atomic E-state index is 15.6. The molecule has 0 unspecified atom stereocenters. The zero-order valence-corrected chi connectivity index (χ0v) is 27.1. The molecule has 0 aliphatic carbocycles.